The average Bonchev–Trinajstić information content (AvgIpc) is 3.02. The molecule has 0 spiro atoms. The fourth-order valence-corrected chi connectivity index (χ4v) is 5.25. The lowest BCUT2D eigenvalue weighted by Crippen LogP contribution is -2.14. The fourth-order valence-electron chi connectivity index (χ4n) is 4.68. The van der Waals surface area contributed by atoms with Crippen LogP contribution in [-0.2, 0) is 16.0 Å². The molecule has 0 heterocycles. The van der Waals surface area contributed by atoms with E-state index in [0.717, 1.165) is 16.2 Å². The standard InChI is InChI=1S/C24H24Br2O2/c1-24(2)19(14-21(25)26)22(24)23(27)28-20-13-16(12-15-8-4-3-5-9-15)17-10-6-7-11-18(17)20/h3-11,14,16,19-20,22H,12-13H2,1-2H3/t16-,19-,20-,22-/m0/s1. The summed E-state index contributed by atoms with van der Waals surface area (Å²) in [5.74, 6) is 0.423. The van der Waals surface area contributed by atoms with E-state index in [4.69, 9.17) is 4.74 Å². The average molecular weight is 504 g/mol. The first kappa shape index (κ1) is 19.9. The lowest BCUT2D eigenvalue weighted by atomic mass is 9.94. The van der Waals surface area contributed by atoms with Crippen LogP contribution in [0.5, 0.6) is 0 Å². The number of hydrogen-bond acceptors (Lipinski definition) is 2. The Hall–Kier alpha value is -1.39. The number of carbonyl (C=O) groups excluding carboxylic acids is 1. The van der Waals surface area contributed by atoms with Gasteiger partial charge in [0.1, 0.15) is 6.10 Å². The Labute approximate surface area is 183 Å². The minimum absolute atomic E-state index is 0.0641. The molecule has 1 saturated carbocycles. The van der Waals surface area contributed by atoms with Crippen LogP contribution in [0, 0.1) is 17.3 Å². The zero-order valence-corrected chi connectivity index (χ0v) is 19.2. The van der Waals surface area contributed by atoms with Gasteiger partial charge in [-0.3, -0.25) is 4.79 Å². The summed E-state index contributed by atoms with van der Waals surface area (Å²) in [5.41, 5.74) is 3.75. The molecule has 2 aliphatic carbocycles. The fraction of sp³-hybridized carbons (Fsp3) is 0.375. The summed E-state index contributed by atoms with van der Waals surface area (Å²) in [5, 5.41) is 0. The van der Waals surface area contributed by atoms with E-state index in [1.165, 1.54) is 16.7 Å². The van der Waals surface area contributed by atoms with Crippen molar-refractivity contribution >= 4 is 37.8 Å². The molecule has 2 aliphatic rings. The smallest absolute Gasteiger partial charge is 0.310 e. The molecule has 4 rings (SSSR count). The van der Waals surface area contributed by atoms with Crippen molar-refractivity contribution in [2.75, 3.05) is 0 Å². The number of hydrogen-bond donors (Lipinski definition) is 0. The Morgan fingerprint density at radius 2 is 1.71 bits per heavy atom. The second-order valence-corrected chi connectivity index (χ2v) is 11.2. The third-order valence-corrected chi connectivity index (χ3v) is 6.86. The van der Waals surface area contributed by atoms with Crippen LogP contribution >= 0.6 is 31.9 Å². The largest absolute Gasteiger partial charge is 0.457 e. The molecule has 0 aliphatic heterocycles. The van der Waals surface area contributed by atoms with Gasteiger partial charge in [0.25, 0.3) is 0 Å². The molecule has 4 atom stereocenters. The maximum absolute atomic E-state index is 13.0. The van der Waals surface area contributed by atoms with Gasteiger partial charge in [-0.2, -0.15) is 0 Å². The van der Waals surface area contributed by atoms with Crippen molar-refractivity contribution in [1.82, 2.24) is 0 Å². The second kappa shape index (κ2) is 7.79. The first-order valence-electron chi connectivity index (χ1n) is 9.74. The van der Waals surface area contributed by atoms with Gasteiger partial charge in [0.05, 0.1) is 9.31 Å². The predicted molar refractivity (Wildman–Crippen MR) is 119 cm³/mol. The van der Waals surface area contributed by atoms with Gasteiger partial charge >= 0.3 is 5.97 Å². The van der Waals surface area contributed by atoms with Crippen LogP contribution in [0.2, 0.25) is 0 Å². The molecular weight excluding hydrogens is 480 g/mol. The van der Waals surface area contributed by atoms with E-state index in [9.17, 15) is 4.79 Å². The van der Waals surface area contributed by atoms with E-state index in [-0.39, 0.29) is 29.3 Å². The third-order valence-electron chi connectivity index (χ3n) is 6.33. The van der Waals surface area contributed by atoms with Gasteiger partial charge in [-0.05, 0) is 78.6 Å². The number of carbonyl (C=O) groups is 1. The molecule has 0 unspecified atom stereocenters. The molecule has 2 aromatic carbocycles. The normalized spacial score (nSPS) is 27.0. The number of ether oxygens (including phenoxy) is 1. The van der Waals surface area contributed by atoms with Crippen LogP contribution in [0.25, 0.3) is 0 Å². The molecule has 0 saturated heterocycles. The summed E-state index contributed by atoms with van der Waals surface area (Å²) in [4.78, 5) is 13.0. The lowest BCUT2D eigenvalue weighted by Gasteiger charge is -2.15. The van der Waals surface area contributed by atoms with Crippen LogP contribution < -0.4 is 0 Å². The topological polar surface area (TPSA) is 26.3 Å². The number of fused-ring (bicyclic) bond motifs is 1. The van der Waals surface area contributed by atoms with E-state index < -0.39 is 0 Å². The molecule has 28 heavy (non-hydrogen) atoms. The minimum atomic E-state index is -0.147. The molecule has 4 heteroatoms. The first-order chi connectivity index (χ1) is 13.4. The highest BCUT2D eigenvalue weighted by Gasteiger charge is 2.62. The Bertz CT molecular complexity index is 900. The van der Waals surface area contributed by atoms with Crippen molar-refractivity contribution in [3.8, 4) is 0 Å². The van der Waals surface area contributed by atoms with Gasteiger partial charge in [0.15, 0.2) is 0 Å². The Balaban J connectivity index is 1.50. The number of rotatable bonds is 5. The Kier molecular flexibility index (Phi) is 5.54. The summed E-state index contributed by atoms with van der Waals surface area (Å²) in [7, 11) is 0. The van der Waals surface area contributed by atoms with Crippen molar-refractivity contribution in [3.63, 3.8) is 0 Å². The molecule has 0 amide bonds. The zero-order chi connectivity index (χ0) is 19.9. The highest BCUT2D eigenvalue weighted by Crippen LogP contribution is 2.61. The number of allylic oxidation sites excluding steroid dienone is 1. The number of esters is 1. The maximum Gasteiger partial charge on any atom is 0.310 e. The quantitative estimate of drug-likeness (QED) is 0.414. The summed E-state index contributed by atoms with van der Waals surface area (Å²) in [6.45, 7) is 4.26. The van der Waals surface area contributed by atoms with Crippen LogP contribution in [0.15, 0.2) is 64.1 Å². The Morgan fingerprint density at radius 3 is 2.39 bits per heavy atom. The molecule has 2 nitrogen and oxygen atoms in total. The minimum Gasteiger partial charge on any atom is -0.457 e. The summed E-state index contributed by atoms with van der Waals surface area (Å²) < 4.78 is 6.97. The molecular formula is C24H24Br2O2. The van der Waals surface area contributed by atoms with Crippen LogP contribution in [-0.4, -0.2) is 5.97 Å². The van der Waals surface area contributed by atoms with Crippen molar-refractivity contribution in [3.05, 3.63) is 80.8 Å². The van der Waals surface area contributed by atoms with E-state index in [0.29, 0.717) is 5.92 Å². The van der Waals surface area contributed by atoms with Gasteiger partial charge < -0.3 is 4.74 Å². The molecule has 0 aromatic heterocycles. The third kappa shape index (κ3) is 3.86. The number of halogens is 2. The molecule has 146 valence electrons. The van der Waals surface area contributed by atoms with Crippen molar-refractivity contribution in [2.24, 2.45) is 17.3 Å². The van der Waals surface area contributed by atoms with E-state index in [1.54, 1.807) is 0 Å². The molecule has 1 fully saturated rings. The van der Waals surface area contributed by atoms with E-state index in [1.807, 2.05) is 12.1 Å². The van der Waals surface area contributed by atoms with E-state index in [2.05, 4.69) is 94.2 Å². The van der Waals surface area contributed by atoms with Crippen molar-refractivity contribution in [2.45, 2.75) is 38.7 Å². The van der Waals surface area contributed by atoms with E-state index >= 15 is 0 Å². The predicted octanol–water partition coefficient (Wildman–Crippen LogP) is 6.90. The highest BCUT2D eigenvalue weighted by atomic mass is 79.9. The summed E-state index contributed by atoms with van der Waals surface area (Å²) in [6, 6.07) is 19.0. The zero-order valence-electron chi connectivity index (χ0n) is 16.1. The first-order valence-corrected chi connectivity index (χ1v) is 11.3. The van der Waals surface area contributed by atoms with Crippen molar-refractivity contribution < 1.29 is 9.53 Å². The van der Waals surface area contributed by atoms with Gasteiger partial charge in [-0.15, -0.1) is 0 Å². The summed E-state index contributed by atoms with van der Waals surface area (Å²) in [6.07, 6.45) is 3.75. The Morgan fingerprint density at radius 1 is 1.07 bits per heavy atom. The molecule has 0 bridgehead atoms. The monoisotopic (exact) mass is 502 g/mol. The molecule has 2 aromatic rings. The second-order valence-electron chi connectivity index (χ2n) is 8.46. The van der Waals surface area contributed by atoms with Crippen LogP contribution in [0.4, 0.5) is 0 Å². The summed E-state index contributed by atoms with van der Waals surface area (Å²) >= 11 is 6.84. The molecule has 0 N–H and O–H groups in total. The SMILES string of the molecule is CC1(C)[C@H](C(=O)O[C@H]2C[C@H](Cc3ccccc3)c3ccccc32)[C@@H]1C=C(Br)Br. The van der Waals surface area contributed by atoms with Gasteiger partial charge in [0, 0.05) is 0 Å². The lowest BCUT2D eigenvalue weighted by molar-refractivity contribution is -0.152. The van der Waals surface area contributed by atoms with Crippen LogP contribution in [0.3, 0.4) is 0 Å². The highest BCUT2D eigenvalue weighted by molar-refractivity contribution is 9.28. The number of benzene rings is 2. The van der Waals surface area contributed by atoms with Crippen molar-refractivity contribution in [1.29, 1.82) is 0 Å². The van der Waals surface area contributed by atoms with Gasteiger partial charge in [-0.1, -0.05) is 74.5 Å². The van der Waals surface area contributed by atoms with Gasteiger partial charge in [0.2, 0.25) is 0 Å². The molecule has 0 radical (unpaired) electrons. The van der Waals surface area contributed by atoms with Crippen LogP contribution in [0.1, 0.15) is 49.0 Å². The maximum atomic E-state index is 13.0. The van der Waals surface area contributed by atoms with Gasteiger partial charge in [-0.25, -0.2) is 0 Å².